The Labute approximate surface area is 130 Å². The molecule has 0 bridgehead atoms. The van der Waals surface area contributed by atoms with Gasteiger partial charge in [-0.05, 0) is 60.6 Å². The number of aryl methyl sites for hydroxylation is 2. The maximum absolute atomic E-state index is 12.3. The number of hydrogen-bond acceptors (Lipinski definition) is 3. The van der Waals surface area contributed by atoms with E-state index in [-0.39, 0.29) is 11.2 Å². The molecule has 0 amide bonds. The van der Waals surface area contributed by atoms with E-state index in [1.807, 2.05) is 6.07 Å². The van der Waals surface area contributed by atoms with Crippen molar-refractivity contribution in [2.45, 2.75) is 32.2 Å². The van der Waals surface area contributed by atoms with Crippen LogP contribution in [0.5, 0.6) is 0 Å². The summed E-state index contributed by atoms with van der Waals surface area (Å²) in [5.74, 6) is 0. The molecule has 0 unspecified atom stereocenters. The highest BCUT2D eigenvalue weighted by atomic mass is 16.5. The Bertz CT molecular complexity index is 734. The van der Waals surface area contributed by atoms with E-state index in [0.717, 1.165) is 24.1 Å². The smallest absolute Gasteiger partial charge is 0.274 e. The van der Waals surface area contributed by atoms with Crippen LogP contribution < -0.4 is 11.3 Å². The molecule has 116 valence electrons. The van der Waals surface area contributed by atoms with Crippen LogP contribution >= 0.6 is 0 Å². The standard InChI is InChI=1S/C18H22N2O2/c1-22-11-10-20-17(9-8-16(19)18(20)21)15-7-6-13-4-2-3-5-14(13)12-15/h6-9,12H,2-5,10-11,19H2,1H3. The van der Waals surface area contributed by atoms with Crippen LogP contribution in [0.2, 0.25) is 0 Å². The number of fused-ring (bicyclic) bond motifs is 1. The quantitative estimate of drug-likeness (QED) is 0.944. The lowest BCUT2D eigenvalue weighted by molar-refractivity contribution is 0.186. The number of ether oxygens (including phenoxy) is 1. The van der Waals surface area contributed by atoms with Crippen molar-refractivity contribution in [1.29, 1.82) is 0 Å². The van der Waals surface area contributed by atoms with Gasteiger partial charge < -0.3 is 15.0 Å². The van der Waals surface area contributed by atoms with Gasteiger partial charge in [0.15, 0.2) is 0 Å². The Morgan fingerprint density at radius 3 is 2.68 bits per heavy atom. The summed E-state index contributed by atoms with van der Waals surface area (Å²) in [5.41, 5.74) is 10.7. The SMILES string of the molecule is COCCn1c(-c2ccc3c(c2)CCCC3)ccc(N)c1=O. The van der Waals surface area contributed by atoms with Gasteiger partial charge >= 0.3 is 0 Å². The van der Waals surface area contributed by atoms with Crippen LogP contribution in [-0.4, -0.2) is 18.3 Å². The van der Waals surface area contributed by atoms with Crippen LogP contribution in [0.3, 0.4) is 0 Å². The van der Waals surface area contributed by atoms with Crippen molar-refractivity contribution in [1.82, 2.24) is 4.57 Å². The Kier molecular flexibility index (Phi) is 4.29. The molecular formula is C18H22N2O2. The van der Waals surface area contributed by atoms with Crippen LogP contribution in [-0.2, 0) is 24.1 Å². The van der Waals surface area contributed by atoms with Crippen molar-refractivity contribution < 1.29 is 4.74 Å². The lowest BCUT2D eigenvalue weighted by Crippen LogP contribution is -2.26. The molecule has 0 aliphatic heterocycles. The predicted octanol–water partition coefficient (Wildman–Crippen LogP) is 2.62. The second-order valence-corrected chi connectivity index (χ2v) is 5.81. The molecule has 1 aromatic carbocycles. The molecule has 22 heavy (non-hydrogen) atoms. The predicted molar refractivity (Wildman–Crippen MR) is 89.1 cm³/mol. The zero-order chi connectivity index (χ0) is 15.5. The maximum Gasteiger partial charge on any atom is 0.274 e. The second kappa shape index (κ2) is 6.36. The molecular weight excluding hydrogens is 276 g/mol. The van der Waals surface area contributed by atoms with Gasteiger partial charge in [-0.2, -0.15) is 0 Å². The Balaban J connectivity index is 2.07. The highest BCUT2D eigenvalue weighted by Gasteiger charge is 2.13. The highest BCUT2D eigenvalue weighted by molar-refractivity contribution is 5.63. The van der Waals surface area contributed by atoms with Gasteiger partial charge in [0, 0.05) is 13.7 Å². The fourth-order valence-electron chi connectivity index (χ4n) is 3.14. The van der Waals surface area contributed by atoms with Crippen LogP contribution in [0.15, 0.2) is 35.1 Å². The summed E-state index contributed by atoms with van der Waals surface area (Å²) in [7, 11) is 1.63. The monoisotopic (exact) mass is 298 g/mol. The first kappa shape index (κ1) is 14.9. The fraction of sp³-hybridized carbons (Fsp3) is 0.389. The molecule has 2 aromatic rings. The van der Waals surface area contributed by atoms with E-state index in [4.69, 9.17) is 10.5 Å². The molecule has 0 atom stereocenters. The first-order valence-electron chi connectivity index (χ1n) is 7.81. The fourth-order valence-corrected chi connectivity index (χ4v) is 3.14. The van der Waals surface area contributed by atoms with Crippen molar-refractivity contribution in [3.63, 3.8) is 0 Å². The van der Waals surface area contributed by atoms with Gasteiger partial charge in [-0.1, -0.05) is 12.1 Å². The molecule has 0 radical (unpaired) electrons. The molecule has 0 spiro atoms. The zero-order valence-electron chi connectivity index (χ0n) is 13.0. The number of nitrogens with zero attached hydrogens (tertiary/aromatic N) is 1. The average Bonchev–Trinajstić information content (AvgIpc) is 2.55. The maximum atomic E-state index is 12.3. The molecule has 1 aliphatic rings. The Hall–Kier alpha value is -2.07. The van der Waals surface area contributed by atoms with Gasteiger partial charge in [0.05, 0.1) is 18.0 Å². The van der Waals surface area contributed by atoms with Crippen molar-refractivity contribution in [2.75, 3.05) is 19.5 Å². The molecule has 0 fully saturated rings. The number of rotatable bonds is 4. The Morgan fingerprint density at radius 1 is 1.14 bits per heavy atom. The number of benzene rings is 1. The highest BCUT2D eigenvalue weighted by Crippen LogP contribution is 2.27. The number of anilines is 1. The van der Waals surface area contributed by atoms with Gasteiger partial charge in [0.2, 0.25) is 0 Å². The minimum absolute atomic E-state index is 0.146. The van der Waals surface area contributed by atoms with E-state index < -0.39 is 0 Å². The summed E-state index contributed by atoms with van der Waals surface area (Å²) in [5, 5.41) is 0. The molecule has 1 heterocycles. The van der Waals surface area contributed by atoms with Crippen LogP contribution in [0.4, 0.5) is 5.69 Å². The molecule has 3 rings (SSSR count). The summed E-state index contributed by atoms with van der Waals surface area (Å²) >= 11 is 0. The summed E-state index contributed by atoms with van der Waals surface area (Å²) in [4.78, 5) is 12.3. The lowest BCUT2D eigenvalue weighted by Gasteiger charge is -2.18. The van der Waals surface area contributed by atoms with E-state index in [2.05, 4.69) is 18.2 Å². The van der Waals surface area contributed by atoms with Crippen molar-refractivity contribution in [2.24, 2.45) is 0 Å². The number of pyridine rings is 1. The second-order valence-electron chi connectivity index (χ2n) is 5.81. The lowest BCUT2D eigenvalue weighted by atomic mass is 9.90. The molecule has 2 N–H and O–H groups in total. The van der Waals surface area contributed by atoms with E-state index in [0.29, 0.717) is 13.2 Å². The molecule has 1 aliphatic carbocycles. The number of nitrogen functional groups attached to an aromatic ring is 1. The summed E-state index contributed by atoms with van der Waals surface area (Å²) in [6.45, 7) is 0.994. The number of aromatic nitrogens is 1. The molecule has 4 heteroatoms. The van der Waals surface area contributed by atoms with Gasteiger partial charge in [-0.15, -0.1) is 0 Å². The third-order valence-corrected chi connectivity index (χ3v) is 4.37. The van der Waals surface area contributed by atoms with Crippen molar-refractivity contribution in [3.05, 3.63) is 51.8 Å². The summed E-state index contributed by atoms with van der Waals surface area (Å²) in [6.07, 6.45) is 4.80. The topological polar surface area (TPSA) is 57.2 Å². The van der Waals surface area contributed by atoms with E-state index in [1.54, 1.807) is 17.7 Å². The largest absolute Gasteiger partial charge is 0.394 e. The minimum atomic E-state index is -0.146. The van der Waals surface area contributed by atoms with E-state index >= 15 is 0 Å². The summed E-state index contributed by atoms with van der Waals surface area (Å²) in [6, 6.07) is 10.2. The van der Waals surface area contributed by atoms with Gasteiger partial charge in [-0.25, -0.2) is 0 Å². The van der Waals surface area contributed by atoms with Crippen LogP contribution in [0.25, 0.3) is 11.3 Å². The summed E-state index contributed by atoms with van der Waals surface area (Å²) < 4.78 is 6.83. The third kappa shape index (κ3) is 2.79. The molecule has 4 nitrogen and oxygen atoms in total. The normalized spacial score (nSPS) is 13.9. The minimum Gasteiger partial charge on any atom is -0.394 e. The van der Waals surface area contributed by atoms with Gasteiger partial charge in [0.1, 0.15) is 0 Å². The van der Waals surface area contributed by atoms with Crippen LogP contribution in [0, 0.1) is 0 Å². The molecule has 0 saturated carbocycles. The first-order valence-corrected chi connectivity index (χ1v) is 7.81. The number of hydrogen-bond donors (Lipinski definition) is 1. The van der Waals surface area contributed by atoms with Crippen LogP contribution in [0.1, 0.15) is 24.0 Å². The Morgan fingerprint density at radius 2 is 1.91 bits per heavy atom. The van der Waals surface area contributed by atoms with Gasteiger partial charge in [-0.3, -0.25) is 4.79 Å². The zero-order valence-corrected chi connectivity index (χ0v) is 13.0. The first-order chi connectivity index (χ1) is 10.7. The third-order valence-electron chi connectivity index (χ3n) is 4.37. The van der Waals surface area contributed by atoms with Crippen molar-refractivity contribution >= 4 is 5.69 Å². The average molecular weight is 298 g/mol. The van der Waals surface area contributed by atoms with E-state index in [1.165, 1.54) is 24.0 Å². The molecule has 0 saturated heterocycles. The van der Waals surface area contributed by atoms with Gasteiger partial charge in [0.25, 0.3) is 5.56 Å². The molecule has 1 aromatic heterocycles. The number of methoxy groups -OCH3 is 1. The van der Waals surface area contributed by atoms with E-state index in [9.17, 15) is 4.79 Å². The van der Waals surface area contributed by atoms with Crippen molar-refractivity contribution in [3.8, 4) is 11.3 Å². The number of nitrogens with two attached hydrogens (primary N) is 1.